The van der Waals surface area contributed by atoms with E-state index in [0.29, 0.717) is 0 Å². The van der Waals surface area contributed by atoms with Crippen molar-refractivity contribution in [3.05, 3.63) is 34.3 Å². The smallest absolute Gasteiger partial charge is 0.317 e. The summed E-state index contributed by atoms with van der Waals surface area (Å²) in [6, 6.07) is 8.16. The van der Waals surface area contributed by atoms with Gasteiger partial charge in [0.1, 0.15) is 0 Å². The van der Waals surface area contributed by atoms with E-state index in [-0.39, 0.29) is 25.0 Å². The van der Waals surface area contributed by atoms with E-state index in [1.807, 2.05) is 17.0 Å². The third-order valence-corrected chi connectivity index (χ3v) is 4.36. The third-order valence-electron chi connectivity index (χ3n) is 3.86. The number of halogens is 1. The highest BCUT2D eigenvalue weighted by Gasteiger charge is 2.26. The Morgan fingerprint density at radius 2 is 2.18 bits per heavy atom. The molecule has 1 aromatic carbocycles. The molecule has 1 heterocycles. The first-order valence-electron chi connectivity index (χ1n) is 7.57. The molecular formula is C16H21BrN2O3. The summed E-state index contributed by atoms with van der Waals surface area (Å²) in [7, 11) is 0. The Hall–Kier alpha value is -1.56. The number of carbonyl (C=O) groups excluding carboxylic acids is 1. The number of benzene rings is 1. The Balaban J connectivity index is 1.95. The van der Waals surface area contributed by atoms with Gasteiger partial charge >= 0.3 is 12.0 Å². The third kappa shape index (κ3) is 5.02. The van der Waals surface area contributed by atoms with E-state index >= 15 is 0 Å². The number of nitrogens with one attached hydrogen (secondary N) is 1. The number of nitrogens with zero attached hydrogens (tertiary/aromatic N) is 1. The number of rotatable bonds is 5. The fourth-order valence-electron chi connectivity index (χ4n) is 2.79. The predicted molar refractivity (Wildman–Crippen MR) is 87.8 cm³/mol. The van der Waals surface area contributed by atoms with Crippen LogP contribution in [-0.2, 0) is 11.2 Å². The monoisotopic (exact) mass is 368 g/mol. The summed E-state index contributed by atoms with van der Waals surface area (Å²) in [4.78, 5) is 24.6. The molecule has 22 heavy (non-hydrogen) atoms. The molecule has 1 saturated heterocycles. The molecule has 5 nitrogen and oxygen atoms in total. The van der Waals surface area contributed by atoms with Gasteiger partial charge in [0.15, 0.2) is 0 Å². The van der Waals surface area contributed by atoms with Crippen LogP contribution in [0.3, 0.4) is 0 Å². The number of hydrogen-bond donors (Lipinski definition) is 2. The van der Waals surface area contributed by atoms with Gasteiger partial charge in [-0.1, -0.05) is 28.1 Å². The topological polar surface area (TPSA) is 69.6 Å². The molecule has 1 unspecified atom stereocenters. The Labute approximate surface area is 138 Å². The van der Waals surface area contributed by atoms with Gasteiger partial charge in [0, 0.05) is 23.6 Å². The lowest BCUT2D eigenvalue weighted by molar-refractivity contribution is -0.136. The molecule has 0 aromatic heterocycles. The van der Waals surface area contributed by atoms with Crippen molar-refractivity contribution < 1.29 is 14.7 Å². The van der Waals surface area contributed by atoms with Gasteiger partial charge in [-0.3, -0.25) is 4.79 Å². The average molecular weight is 369 g/mol. The maximum absolute atomic E-state index is 12.3. The highest BCUT2D eigenvalue weighted by molar-refractivity contribution is 9.10. The minimum Gasteiger partial charge on any atom is -0.481 e. The van der Waals surface area contributed by atoms with Crippen molar-refractivity contribution in [2.24, 2.45) is 0 Å². The van der Waals surface area contributed by atoms with Gasteiger partial charge in [0.25, 0.3) is 0 Å². The van der Waals surface area contributed by atoms with Crippen molar-refractivity contribution in [2.75, 3.05) is 13.1 Å². The zero-order chi connectivity index (χ0) is 15.9. The Kier molecular flexibility index (Phi) is 6.24. The average Bonchev–Trinajstić information content (AvgIpc) is 2.47. The first-order chi connectivity index (χ1) is 10.6. The Morgan fingerprint density at radius 1 is 1.36 bits per heavy atom. The van der Waals surface area contributed by atoms with Crippen molar-refractivity contribution in [3.8, 4) is 0 Å². The summed E-state index contributed by atoms with van der Waals surface area (Å²) in [6.07, 6.45) is 3.89. The standard InChI is InChI=1S/C16H21BrN2O3/c17-13-5-3-4-12(10-13)11-14-6-1-2-9-19(14)16(22)18-8-7-15(20)21/h3-5,10,14H,1-2,6-9,11H2,(H,18,22)(H,20,21). The van der Waals surface area contributed by atoms with Crippen molar-refractivity contribution >= 4 is 27.9 Å². The van der Waals surface area contributed by atoms with Crippen molar-refractivity contribution in [1.29, 1.82) is 0 Å². The molecule has 1 fully saturated rings. The lowest BCUT2D eigenvalue weighted by Crippen LogP contribution is -2.49. The molecule has 0 spiro atoms. The summed E-state index contributed by atoms with van der Waals surface area (Å²) in [6.45, 7) is 0.909. The number of amides is 2. The highest BCUT2D eigenvalue weighted by atomic mass is 79.9. The van der Waals surface area contributed by atoms with Crippen LogP contribution in [0.2, 0.25) is 0 Å². The molecule has 1 aliphatic heterocycles. The fraction of sp³-hybridized carbons (Fsp3) is 0.500. The summed E-state index contributed by atoms with van der Waals surface area (Å²) in [5, 5.41) is 11.3. The fourth-order valence-corrected chi connectivity index (χ4v) is 3.24. The van der Waals surface area contributed by atoms with Crippen LogP contribution in [0.4, 0.5) is 4.79 Å². The highest BCUT2D eigenvalue weighted by Crippen LogP contribution is 2.22. The normalized spacial score (nSPS) is 18.0. The summed E-state index contributed by atoms with van der Waals surface area (Å²) in [5.74, 6) is -0.898. The number of urea groups is 1. The van der Waals surface area contributed by atoms with E-state index in [9.17, 15) is 9.59 Å². The van der Waals surface area contributed by atoms with E-state index < -0.39 is 5.97 Å². The number of piperidine rings is 1. The SMILES string of the molecule is O=C(O)CCNC(=O)N1CCCCC1Cc1cccc(Br)c1. The van der Waals surface area contributed by atoms with E-state index in [0.717, 1.165) is 36.7 Å². The molecule has 0 aliphatic carbocycles. The zero-order valence-electron chi connectivity index (χ0n) is 12.4. The van der Waals surface area contributed by atoms with Crippen LogP contribution < -0.4 is 5.32 Å². The summed E-state index contributed by atoms with van der Waals surface area (Å²) >= 11 is 3.47. The molecule has 2 rings (SSSR count). The van der Waals surface area contributed by atoms with Crippen LogP contribution in [-0.4, -0.2) is 41.1 Å². The zero-order valence-corrected chi connectivity index (χ0v) is 14.0. The number of hydrogen-bond acceptors (Lipinski definition) is 2. The molecule has 1 atom stereocenters. The second-order valence-corrected chi connectivity index (χ2v) is 6.47. The molecule has 2 amide bonds. The van der Waals surface area contributed by atoms with Gasteiger partial charge in [-0.2, -0.15) is 0 Å². The number of carboxylic acid groups (broad SMARTS) is 1. The second kappa shape index (κ2) is 8.17. The molecule has 2 N–H and O–H groups in total. The molecule has 6 heteroatoms. The van der Waals surface area contributed by atoms with Gasteiger partial charge in [0.2, 0.25) is 0 Å². The van der Waals surface area contributed by atoms with Gasteiger partial charge in [-0.15, -0.1) is 0 Å². The minimum absolute atomic E-state index is 0.0458. The molecule has 1 aromatic rings. The predicted octanol–water partition coefficient (Wildman–Crippen LogP) is 3.03. The molecule has 0 bridgehead atoms. The lowest BCUT2D eigenvalue weighted by atomic mass is 9.96. The maximum atomic E-state index is 12.3. The van der Waals surface area contributed by atoms with Crippen LogP contribution in [0.5, 0.6) is 0 Å². The van der Waals surface area contributed by atoms with Gasteiger partial charge in [-0.25, -0.2) is 4.79 Å². The van der Waals surface area contributed by atoms with Crippen LogP contribution in [0, 0.1) is 0 Å². The molecule has 120 valence electrons. The van der Waals surface area contributed by atoms with E-state index in [2.05, 4.69) is 33.4 Å². The number of carbonyl (C=O) groups is 2. The maximum Gasteiger partial charge on any atom is 0.317 e. The van der Waals surface area contributed by atoms with E-state index in [1.54, 1.807) is 0 Å². The molecular weight excluding hydrogens is 348 g/mol. The van der Waals surface area contributed by atoms with Crippen LogP contribution in [0.25, 0.3) is 0 Å². The van der Waals surface area contributed by atoms with E-state index in [1.165, 1.54) is 5.56 Å². The first kappa shape index (κ1) is 16.8. The quantitative estimate of drug-likeness (QED) is 0.838. The molecule has 1 aliphatic rings. The summed E-state index contributed by atoms with van der Waals surface area (Å²) in [5.41, 5.74) is 1.20. The number of carboxylic acids is 1. The number of likely N-dealkylation sites (tertiary alicyclic amines) is 1. The van der Waals surface area contributed by atoms with Crippen molar-refractivity contribution in [3.63, 3.8) is 0 Å². The van der Waals surface area contributed by atoms with Gasteiger partial charge in [0.05, 0.1) is 6.42 Å². The second-order valence-electron chi connectivity index (χ2n) is 5.55. The summed E-state index contributed by atoms with van der Waals surface area (Å²) < 4.78 is 1.04. The van der Waals surface area contributed by atoms with E-state index in [4.69, 9.17) is 5.11 Å². The van der Waals surface area contributed by atoms with Crippen LogP contribution in [0.1, 0.15) is 31.2 Å². The number of aliphatic carboxylic acids is 1. The lowest BCUT2D eigenvalue weighted by Gasteiger charge is -2.36. The van der Waals surface area contributed by atoms with Gasteiger partial charge in [-0.05, 0) is 43.4 Å². The largest absolute Gasteiger partial charge is 0.481 e. The van der Waals surface area contributed by atoms with Crippen molar-refractivity contribution in [1.82, 2.24) is 10.2 Å². The first-order valence-corrected chi connectivity index (χ1v) is 8.36. The Morgan fingerprint density at radius 3 is 2.91 bits per heavy atom. The molecule has 0 radical (unpaired) electrons. The van der Waals surface area contributed by atoms with Crippen molar-refractivity contribution in [2.45, 2.75) is 38.1 Å². The van der Waals surface area contributed by atoms with Crippen LogP contribution >= 0.6 is 15.9 Å². The van der Waals surface area contributed by atoms with Gasteiger partial charge < -0.3 is 15.3 Å². The molecule has 0 saturated carbocycles. The minimum atomic E-state index is -0.898. The van der Waals surface area contributed by atoms with Crippen LogP contribution in [0.15, 0.2) is 28.7 Å². The Bertz CT molecular complexity index is 536.